The Kier molecular flexibility index (Phi) is 3.11. The minimum atomic E-state index is -0.0936. The van der Waals surface area contributed by atoms with Gasteiger partial charge in [-0.2, -0.15) is 0 Å². The molecule has 0 bridgehead atoms. The van der Waals surface area contributed by atoms with Crippen molar-refractivity contribution >= 4 is 11.6 Å². The molecule has 0 aromatic heterocycles. The van der Waals surface area contributed by atoms with Gasteiger partial charge in [-0.05, 0) is 19.9 Å². The summed E-state index contributed by atoms with van der Waals surface area (Å²) in [4.78, 5) is 24.5. The first-order chi connectivity index (χ1) is 8.56. The summed E-state index contributed by atoms with van der Waals surface area (Å²) in [6.07, 6.45) is 3.39. The van der Waals surface area contributed by atoms with Crippen molar-refractivity contribution in [1.82, 2.24) is 0 Å². The summed E-state index contributed by atoms with van der Waals surface area (Å²) < 4.78 is 0. The zero-order valence-electron chi connectivity index (χ0n) is 10.5. The van der Waals surface area contributed by atoms with Gasteiger partial charge in [-0.3, -0.25) is 9.59 Å². The zero-order chi connectivity index (χ0) is 13.3. The molecule has 0 amide bonds. The molecular formula is C16H14O2. The maximum Gasteiger partial charge on any atom is 0.194 e. The molecular weight excluding hydrogens is 224 g/mol. The molecule has 1 aliphatic carbocycles. The van der Waals surface area contributed by atoms with Crippen LogP contribution in [0.3, 0.4) is 0 Å². The number of Topliss-reactive ketones (excluding diaryl/α,β-unsaturated/α-hetero) is 2. The fraction of sp³-hybridized carbons (Fsp3) is 0.125. The smallest absolute Gasteiger partial charge is 0.194 e. The Morgan fingerprint density at radius 2 is 1.67 bits per heavy atom. The maximum atomic E-state index is 12.3. The normalized spacial score (nSPS) is 15.8. The van der Waals surface area contributed by atoms with Crippen LogP contribution in [0.5, 0.6) is 0 Å². The van der Waals surface area contributed by atoms with Crippen LogP contribution < -0.4 is 0 Å². The first kappa shape index (κ1) is 12.2. The lowest BCUT2D eigenvalue weighted by molar-refractivity contribution is 0.0977. The van der Waals surface area contributed by atoms with Gasteiger partial charge in [-0.1, -0.05) is 42.5 Å². The van der Waals surface area contributed by atoms with Crippen LogP contribution in [0.25, 0.3) is 0 Å². The van der Waals surface area contributed by atoms with E-state index in [0.717, 1.165) is 5.57 Å². The molecule has 0 heterocycles. The summed E-state index contributed by atoms with van der Waals surface area (Å²) in [5, 5.41) is 0. The molecule has 2 nitrogen and oxygen atoms in total. The second-order valence-corrected chi connectivity index (χ2v) is 4.33. The van der Waals surface area contributed by atoms with Gasteiger partial charge in [-0.25, -0.2) is 0 Å². The van der Waals surface area contributed by atoms with Crippen LogP contribution in [0.1, 0.15) is 34.6 Å². The molecule has 2 rings (SSSR count). The highest BCUT2D eigenvalue weighted by Crippen LogP contribution is 2.27. The summed E-state index contributed by atoms with van der Waals surface area (Å²) in [7, 11) is 0. The third-order valence-electron chi connectivity index (χ3n) is 3.10. The van der Waals surface area contributed by atoms with E-state index in [1.807, 2.05) is 6.92 Å². The molecule has 0 fully saturated rings. The van der Waals surface area contributed by atoms with Crippen LogP contribution in [0.15, 0.2) is 59.7 Å². The van der Waals surface area contributed by atoms with Gasteiger partial charge in [0.2, 0.25) is 0 Å². The average Bonchev–Trinajstić information content (AvgIpc) is 2.40. The highest BCUT2D eigenvalue weighted by molar-refractivity contribution is 6.27. The molecule has 0 radical (unpaired) electrons. The molecule has 1 aromatic rings. The first-order valence-corrected chi connectivity index (χ1v) is 5.76. The lowest BCUT2D eigenvalue weighted by Gasteiger charge is -2.17. The summed E-state index contributed by atoms with van der Waals surface area (Å²) in [6.45, 7) is 7.20. The van der Waals surface area contributed by atoms with Gasteiger partial charge in [-0.15, -0.1) is 0 Å². The Bertz CT molecular complexity index is 616. The lowest BCUT2D eigenvalue weighted by Crippen LogP contribution is -2.20. The number of fused-ring (bicyclic) bond motifs is 1. The monoisotopic (exact) mass is 238 g/mol. The molecule has 0 spiro atoms. The van der Waals surface area contributed by atoms with Crippen LogP contribution in [0, 0.1) is 0 Å². The molecule has 1 aliphatic rings. The number of allylic oxidation sites excluding steroid dienone is 5. The van der Waals surface area contributed by atoms with Gasteiger partial charge < -0.3 is 0 Å². The van der Waals surface area contributed by atoms with Crippen LogP contribution in [-0.2, 0) is 0 Å². The van der Waals surface area contributed by atoms with Crippen LogP contribution in [0.2, 0.25) is 0 Å². The van der Waals surface area contributed by atoms with E-state index in [4.69, 9.17) is 0 Å². The molecule has 18 heavy (non-hydrogen) atoms. The summed E-state index contributed by atoms with van der Waals surface area (Å²) in [6, 6.07) is 6.93. The number of rotatable bonds is 2. The quantitative estimate of drug-likeness (QED) is 0.739. The van der Waals surface area contributed by atoms with Crippen molar-refractivity contribution in [1.29, 1.82) is 0 Å². The van der Waals surface area contributed by atoms with Crippen molar-refractivity contribution in [3.05, 3.63) is 70.8 Å². The number of hydrogen-bond donors (Lipinski definition) is 0. The molecule has 0 N–H and O–H groups in total. The molecule has 0 unspecified atom stereocenters. The van der Waals surface area contributed by atoms with Crippen molar-refractivity contribution in [2.75, 3.05) is 0 Å². The molecule has 2 heteroatoms. The minimum Gasteiger partial charge on any atom is -0.289 e. The van der Waals surface area contributed by atoms with Crippen molar-refractivity contribution in [3.8, 4) is 0 Å². The predicted octanol–water partition coefficient (Wildman–Crippen LogP) is 3.51. The number of carbonyl (C=O) groups excluding carboxylic acids is 2. The second-order valence-electron chi connectivity index (χ2n) is 4.33. The van der Waals surface area contributed by atoms with Crippen molar-refractivity contribution < 1.29 is 9.59 Å². The van der Waals surface area contributed by atoms with Crippen molar-refractivity contribution in [2.45, 2.75) is 13.8 Å². The van der Waals surface area contributed by atoms with E-state index in [9.17, 15) is 9.59 Å². The van der Waals surface area contributed by atoms with E-state index in [-0.39, 0.29) is 11.6 Å². The van der Waals surface area contributed by atoms with Gasteiger partial charge in [0.15, 0.2) is 11.6 Å². The summed E-state index contributed by atoms with van der Waals surface area (Å²) >= 11 is 0. The molecule has 0 atom stereocenters. The average molecular weight is 238 g/mol. The van der Waals surface area contributed by atoms with E-state index < -0.39 is 0 Å². The summed E-state index contributed by atoms with van der Waals surface area (Å²) in [5.74, 6) is -0.169. The SMILES string of the molecule is C=C/C(C)=C/C1=C(C)C(=O)c2ccccc2C1=O. The van der Waals surface area contributed by atoms with E-state index >= 15 is 0 Å². The largest absolute Gasteiger partial charge is 0.289 e. The van der Waals surface area contributed by atoms with E-state index in [0.29, 0.717) is 22.3 Å². The number of ketones is 2. The topological polar surface area (TPSA) is 34.1 Å². The van der Waals surface area contributed by atoms with Crippen LogP contribution >= 0.6 is 0 Å². The van der Waals surface area contributed by atoms with Crippen LogP contribution in [0.4, 0.5) is 0 Å². The Balaban J connectivity index is 2.64. The first-order valence-electron chi connectivity index (χ1n) is 5.76. The van der Waals surface area contributed by atoms with Crippen molar-refractivity contribution in [2.24, 2.45) is 0 Å². The van der Waals surface area contributed by atoms with E-state index in [1.165, 1.54) is 0 Å². The third-order valence-corrected chi connectivity index (χ3v) is 3.10. The lowest BCUT2D eigenvalue weighted by atomic mass is 9.84. The summed E-state index contributed by atoms with van der Waals surface area (Å²) in [5.41, 5.74) is 2.81. The van der Waals surface area contributed by atoms with Gasteiger partial charge in [0.05, 0.1) is 0 Å². The standard InChI is InChI=1S/C16H14O2/c1-4-10(2)9-14-11(3)15(17)12-7-5-6-8-13(12)16(14)18/h4-9H,1H2,2-3H3/b10-9+. The Hall–Kier alpha value is -2.22. The van der Waals surface area contributed by atoms with E-state index in [2.05, 4.69) is 6.58 Å². The van der Waals surface area contributed by atoms with Gasteiger partial charge in [0.25, 0.3) is 0 Å². The number of benzene rings is 1. The fourth-order valence-corrected chi connectivity index (χ4v) is 1.98. The molecule has 90 valence electrons. The highest BCUT2D eigenvalue weighted by Gasteiger charge is 2.28. The Morgan fingerprint density at radius 1 is 1.11 bits per heavy atom. The second kappa shape index (κ2) is 4.57. The molecule has 1 aromatic carbocycles. The Labute approximate surface area is 106 Å². The Morgan fingerprint density at radius 3 is 2.22 bits per heavy atom. The minimum absolute atomic E-state index is 0.0756. The third kappa shape index (κ3) is 1.86. The number of carbonyl (C=O) groups is 2. The molecule has 0 saturated heterocycles. The maximum absolute atomic E-state index is 12.3. The van der Waals surface area contributed by atoms with E-state index in [1.54, 1.807) is 43.3 Å². The van der Waals surface area contributed by atoms with Gasteiger partial charge >= 0.3 is 0 Å². The molecule has 0 saturated carbocycles. The zero-order valence-corrected chi connectivity index (χ0v) is 10.5. The predicted molar refractivity (Wildman–Crippen MR) is 71.8 cm³/mol. The molecule has 0 aliphatic heterocycles. The van der Waals surface area contributed by atoms with Gasteiger partial charge in [0, 0.05) is 22.3 Å². The number of hydrogen-bond acceptors (Lipinski definition) is 2. The fourth-order valence-electron chi connectivity index (χ4n) is 1.98. The van der Waals surface area contributed by atoms with Crippen molar-refractivity contribution in [3.63, 3.8) is 0 Å². The highest BCUT2D eigenvalue weighted by atomic mass is 16.1. The van der Waals surface area contributed by atoms with Crippen LogP contribution in [-0.4, -0.2) is 11.6 Å². The van der Waals surface area contributed by atoms with Gasteiger partial charge in [0.1, 0.15) is 0 Å².